The number of imidazole rings is 1. The van der Waals surface area contributed by atoms with Crippen molar-refractivity contribution in [3.63, 3.8) is 0 Å². The minimum atomic E-state index is 0.292. The molecule has 2 atom stereocenters. The molecule has 3 rings (SSSR count). The Labute approximate surface area is 124 Å². The summed E-state index contributed by atoms with van der Waals surface area (Å²) in [6, 6.07) is 2.42. The molecular weight excluding hydrogens is 274 g/mol. The number of pyridine rings is 1. The van der Waals surface area contributed by atoms with E-state index in [9.17, 15) is 0 Å². The summed E-state index contributed by atoms with van der Waals surface area (Å²) < 4.78 is 7.96. The van der Waals surface area contributed by atoms with Gasteiger partial charge in [0.05, 0.1) is 6.10 Å². The van der Waals surface area contributed by atoms with Crippen molar-refractivity contribution < 1.29 is 4.74 Å². The molecule has 0 aliphatic carbocycles. The van der Waals surface area contributed by atoms with Crippen LogP contribution < -0.4 is 0 Å². The van der Waals surface area contributed by atoms with Gasteiger partial charge in [0, 0.05) is 31.1 Å². The van der Waals surface area contributed by atoms with Gasteiger partial charge in [0.1, 0.15) is 11.3 Å². The molecule has 0 radical (unpaired) electrons. The van der Waals surface area contributed by atoms with Crippen molar-refractivity contribution in [3.8, 4) is 0 Å². The molecule has 0 saturated carbocycles. The molecular formula is C15H20ClN3O. The number of halogens is 1. The van der Waals surface area contributed by atoms with Gasteiger partial charge in [-0.15, -0.1) is 11.6 Å². The quantitative estimate of drug-likeness (QED) is 0.816. The third-order valence-electron chi connectivity index (χ3n) is 3.99. The molecule has 108 valence electrons. The number of nitrogens with zero attached hydrogens (tertiary/aromatic N) is 3. The molecule has 0 spiro atoms. The maximum absolute atomic E-state index is 5.94. The van der Waals surface area contributed by atoms with E-state index < -0.39 is 0 Å². The van der Waals surface area contributed by atoms with Crippen LogP contribution in [0.5, 0.6) is 0 Å². The zero-order valence-electron chi connectivity index (χ0n) is 12.0. The van der Waals surface area contributed by atoms with Crippen molar-refractivity contribution >= 4 is 22.8 Å². The minimum absolute atomic E-state index is 0.292. The lowest BCUT2D eigenvalue weighted by Gasteiger charge is -2.29. The van der Waals surface area contributed by atoms with E-state index in [4.69, 9.17) is 21.3 Å². The summed E-state index contributed by atoms with van der Waals surface area (Å²) in [4.78, 5) is 9.34. The summed E-state index contributed by atoms with van der Waals surface area (Å²) in [5.41, 5.74) is 3.17. The highest BCUT2D eigenvalue weighted by Gasteiger charge is 2.25. The minimum Gasteiger partial charge on any atom is -0.378 e. The molecule has 1 saturated heterocycles. The first-order chi connectivity index (χ1) is 9.70. The Kier molecular flexibility index (Phi) is 3.94. The van der Waals surface area contributed by atoms with E-state index in [0.29, 0.717) is 18.0 Å². The standard InChI is InChI=1S/C15H20ClN3O/c1-10-4-7-17-15-14(10)18-13(3-6-16)19(15)12-5-8-20-11(2)9-12/h4,7,11-12H,3,5-6,8-9H2,1-2H3. The summed E-state index contributed by atoms with van der Waals surface area (Å²) in [6.07, 6.45) is 4.96. The van der Waals surface area contributed by atoms with Crippen molar-refractivity contribution in [2.24, 2.45) is 0 Å². The van der Waals surface area contributed by atoms with Crippen LogP contribution >= 0.6 is 11.6 Å². The SMILES string of the molecule is Cc1ccnc2c1nc(CCCl)n2C1CCOC(C)C1. The van der Waals surface area contributed by atoms with E-state index in [1.807, 2.05) is 12.3 Å². The number of hydrogen-bond acceptors (Lipinski definition) is 3. The summed E-state index contributed by atoms with van der Waals surface area (Å²) in [7, 11) is 0. The Bertz CT molecular complexity index is 610. The molecule has 1 fully saturated rings. The second-order valence-electron chi connectivity index (χ2n) is 5.50. The number of ether oxygens (including phenoxy) is 1. The van der Waals surface area contributed by atoms with Crippen molar-refractivity contribution in [2.75, 3.05) is 12.5 Å². The van der Waals surface area contributed by atoms with E-state index in [-0.39, 0.29) is 0 Å². The van der Waals surface area contributed by atoms with E-state index in [2.05, 4.69) is 23.4 Å². The molecule has 20 heavy (non-hydrogen) atoms. The molecule has 2 unspecified atom stereocenters. The van der Waals surface area contributed by atoms with Gasteiger partial charge in [-0.3, -0.25) is 0 Å². The van der Waals surface area contributed by atoms with Crippen LogP contribution in [0.3, 0.4) is 0 Å². The summed E-state index contributed by atoms with van der Waals surface area (Å²) in [6.45, 7) is 5.02. The van der Waals surface area contributed by atoms with Gasteiger partial charge in [-0.2, -0.15) is 0 Å². The zero-order chi connectivity index (χ0) is 14.1. The van der Waals surface area contributed by atoms with Crippen LogP contribution in [-0.2, 0) is 11.2 Å². The molecule has 1 aliphatic rings. The lowest BCUT2D eigenvalue weighted by Crippen LogP contribution is -2.26. The molecule has 0 N–H and O–H groups in total. The summed E-state index contributed by atoms with van der Waals surface area (Å²) in [5.74, 6) is 1.64. The predicted octanol–water partition coefficient (Wildman–Crippen LogP) is 3.26. The average molecular weight is 294 g/mol. The lowest BCUT2D eigenvalue weighted by atomic mass is 10.0. The molecule has 3 heterocycles. The van der Waals surface area contributed by atoms with Crippen LogP contribution in [0.25, 0.3) is 11.2 Å². The molecule has 0 bridgehead atoms. The summed E-state index contributed by atoms with van der Waals surface area (Å²) in [5, 5.41) is 0. The predicted molar refractivity (Wildman–Crippen MR) is 80.4 cm³/mol. The van der Waals surface area contributed by atoms with E-state index in [1.165, 1.54) is 5.56 Å². The average Bonchev–Trinajstić information content (AvgIpc) is 2.79. The Morgan fingerprint density at radius 2 is 2.35 bits per heavy atom. The molecule has 1 aliphatic heterocycles. The van der Waals surface area contributed by atoms with Crippen molar-refractivity contribution in [2.45, 2.75) is 45.3 Å². The van der Waals surface area contributed by atoms with Gasteiger partial charge in [0.15, 0.2) is 5.65 Å². The topological polar surface area (TPSA) is 39.9 Å². The number of aromatic nitrogens is 3. The van der Waals surface area contributed by atoms with Crippen LogP contribution in [0.1, 0.15) is 37.2 Å². The normalized spacial score (nSPS) is 23.4. The number of hydrogen-bond donors (Lipinski definition) is 0. The van der Waals surface area contributed by atoms with Crippen LogP contribution in [0.15, 0.2) is 12.3 Å². The Hall–Kier alpha value is -1.13. The van der Waals surface area contributed by atoms with Crippen LogP contribution in [0.4, 0.5) is 0 Å². The van der Waals surface area contributed by atoms with Crippen LogP contribution in [0.2, 0.25) is 0 Å². The maximum Gasteiger partial charge on any atom is 0.160 e. The van der Waals surface area contributed by atoms with Crippen LogP contribution in [0, 0.1) is 6.92 Å². The van der Waals surface area contributed by atoms with Crippen molar-refractivity contribution in [1.29, 1.82) is 0 Å². The monoisotopic (exact) mass is 293 g/mol. The Morgan fingerprint density at radius 1 is 1.50 bits per heavy atom. The smallest absolute Gasteiger partial charge is 0.160 e. The van der Waals surface area contributed by atoms with Gasteiger partial charge < -0.3 is 9.30 Å². The molecule has 4 nitrogen and oxygen atoms in total. The zero-order valence-corrected chi connectivity index (χ0v) is 12.7. The highest BCUT2D eigenvalue weighted by Crippen LogP contribution is 2.30. The third kappa shape index (κ3) is 2.42. The van der Waals surface area contributed by atoms with Gasteiger partial charge >= 0.3 is 0 Å². The van der Waals surface area contributed by atoms with E-state index in [1.54, 1.807) is 0 Å². The first-order valence-corrected chi connectivity index (χ1v) is 7.74. The van der Waals surface area contributed by atoms with E-state index >= 15 is 0 Å². The third-order valence-corrected chi connectivity index (χ3v) is 4.18. The molecule has 2 aromatic rings. The first kappa shape index (κ1) is 13.8. The summed E-state index contributed by atoms with van der Waals surface area (Å²) >= 11 is 5.94. The molecule has 0 amide bonds. The van der Waals surface area contributed by atoms with Crippen LogP contribution in [-0.4, -0.2) is 33.1 Å². The largest absolute Gasteiger partial charge is 0.378 e. The molecule has 5 heteroatoms. The highest BCUT2D eigenvalue weighted by molar-refractivity contribution is 6.17. The second kappa shape index (κ2) is 5.70. The maximum atomic E-state index is 5.94. The first-order valence-electron chi connectivity index (χ1n) is 7.20. The fourth-order valence-electron chi connectivity index (χ4n) is 3.01. The number of rotatable bonds is 3. The number of alkyl halides is 1. The fourth-order valence-corrected chi connectivity index (χ4v) is 3.18. The molecule has 2 aromatic heterocycles. The van der Waals surface area contributed by atoms with Gasteiger partial charge in [-0.05, 0) is 38.3 Å². The fraction of sp³-hybridized carbons (Fsp3) is 0.600. The number of fused-ring (bicyclic) bond motifs is 1. The Morgan fingerprint density at radius 3 is 3.10 bits per heavy atom. The second-order valence-corrected chi connectivity index (χ2v) is 5.87. The van der Waals surface area contributed by atoms with Crippen molar-refractivity contribution in [3.05, 3.63) is 23.7 Å². The lowest BCUT2D eigenvalue weighted by molar-refractivity contribution is 0.00616. The Balaban J connectivity index is 2.11. The van der Waals surface area contributed by atoms with Gasteiger partial charge in [-0.25, -0.2) is 9.97 Å². The van der Waals surface area contributed by atoms with Gasteiger partial charge in [0.25, 0.3) is 0 Å². The van der Waals surface area contributed by atoms with Gasteiger partial charge in [0.2, 0.25) is 0 Å². The highest BCUT2D eigenvalue weighted by atomic mass is 35.5. The molecule has 0 aromatic carbocycles. The van der Waals surface area contributed by atoms with Crippen molar-refractivity contribution in [1.82, 2.24) is 14.5 Å². The van der Waals surface area contributed by atoms with E-state index in [0.717, 1.165) is 42.9 Å². The van der Waals surface area contributed by atoms with Gasteiger partial charge in [-0.1, -0.05) is 0 Å². The number of aryl methyl sites for hydroxylation is 2.